The fraction of sp³-hybridized carbons (Fsp3) is 0.286. The summed E-state index contributed by atoms with van der Waals surface area (Å²) in [4.78, 5) is 27.7. The Morgan fingerprint density at radius 1 is 1.29 bits per heavy atom. The van der Waals surface area contributed by atoms with E-state index in [-0.39, 0.29) is 18.4 Å². The van der Waals surface area contributed by atoms with Crippen LogP contribution in [0.5, 0.6) is 0 Å². The predicted octanol–water partition coefficient (Wildman–Crippen LogP) is 0.800. The van der Waals surface area contributed by atoms with Crippen molar-refractivity contribution >= 4 is 17.6 Å². The lowest BCUT2D eigenvalue weighted by Crippen LogP contribution is -2.34. The number of anilines is 1. The molecule has 0 saturated heterocycles. The largest absolute Gasteiger partial charge is 0.342 e. The van der Waals surface area contributed by atoms with Crippen molar-refractivity contribution in [3.8, 4) is 0 Å². The van der Waals surface area contributed by atoms with Crippen LogP contribution in [0.25, 0.3) is 0 Å². The Bertz CT molecular complexity index is 678. The molecular weight excluding hydrogens is 270 g/mol. The van der Waals surface area contributed by atoms with Crippen molar-refractivity contribution in [2.45, 2.75) is 13.8 Å². The van der Waals surface area contributed by atoms with Crippen LogP contribution < -0.4 is 10.6 Å². The zero-order valence-electron chi connectivity index (χ0n) is 12.2. The van der Waals surface area contributed by atoms with Gasteiger partial charge in [-0.2, -0.15) is 5.10 Å². The lowest BCUT2D eigenvalue weighted by Gasteiger charge is -2.07. The van der Waals surface area contributed by atoms with Crippen LogP contribution in [0.1, 0.15) is 21.7 Å². The molecule has 0 aromatic carbocycles. The summed E-state index contributed by atoms with van der Waals surface area (Å²) in [6.45, 7) is 3.58. The van der Waals surface area contributed by atoms with Gasteiger partial charge in [0.2, 0.25) is 5.91 Å². The summed E-state index contributed by atoms with van der Waals surface area (Å²) in [5.41, 5.74) is 2.15. The summed E-state index contributed by atoms with van der Waals surface area (Å²) >= 11 is 0. The van der Waals surface area contributed by atoms with Crippen LogP contribution in [0.15, 0.2) is 24.4 Å². The van der Waals surface area contributed by atoms with Gasteiger partial charge in [0, 0.05) is 13.2 Å². The third-order valence-electron chi connectivity index (χ3n) is 2.83. The molecule has 0 aliphatic heterocycles. The number of aromatic nitrogens is 3. The summed E-state index contributed by atoms with van der Waals surface area (Å²) in [5.74, 6) is -0.212. The van der Waals surface area contributed by atoms with Crippen molar-refractivity contribution in [3.63, 3.8) is 0 Å². The molecule has 7 nitrogen and oxygen atoms in total. The smallest absolute Gasteiger partial charge is 0.269 e. The highest BCUT2D eigenvalue weighted by molar-refractivity contribution is 5.98. The first-order valence-corrected chi connectivity index (χ1v) is 6.47. The molecule has 2 N–H and O–H groups in total. The van der Waals surface area contributed by atoms with Crippen LogP contribution >= 0.6 is 0 Å². The molecule has 0 radical (unpaired) electrons. The average Bonchev–Trinajstić information content (AvgIpc) is 2.75. The Balaban J connectivity index is 1.89. The van der Waals surface area contributed by atoms with Crippen LogP contribution in [0.4, 0.5) is 5.82 Å². The molecule has 0 saturated carbocycles. The summed E-state index contributed by atoms with van der Waals surface area (Å²) in [7, 11) is 1.68. The van der Waals surface area contributed by atoms with Gasteiger partial charge in [-0.3, -0.25) is 14.3 Å². The van der Waals surface area contributed by atoms with Gasteiger partial charge < -0.3 is 10.6 Å². The third-order valence-corrected chi connectivity index (χ3v) is 2.83. The number of hydrogen-bond donors (Lipinski definition) is 2. The number of hydrogen-bond acceptors (Lipinski definition) is 4. The first-order valence-electron chi connectivity index (χ1n) is 6.47. The van der Waals surface area contributed by atoms with E-state index >= 15 is 0 Å². The summed E-state index contributed by atoms with van der Waals surface area (Å²) in [6, 6.07) is 5.25. The number of carbonyl (C=O) groups is 2. The van der Waals surface area contributed by atoms with Crippen molar-refractivity contribution in [2.24, 2.45) is 7.05 Å². The Morgan fingerprint density at radius 2 is 2.05 bits per heavy atom. The van der Waals surface area contributed by atoms with Crippen LogP contribution in [-0.2, 0) is 11.8 Å². The van der Waals surface area contributed by atoms with E-state index in [1.165, 1.54) is 4.68 Å². The molecule has 2 rings (SSSR count). The minimum absolute atomic E-state index is 0.126. The molecule has 0 bridgehead atoms. The van der Waals surface area contributed by atoms with E-state index < -0.39 is 0 Å². The Labute approximate surface area is 122 Å². The summed E-state index contributed by atoms with van der Waals surface area (Å²) in [5, 5.41) is 9.25. The normalized spacial score (nSPS) is 10.2. The first-order chi connectivity index (χ1) is 9.95. The molecular formula is C14H17N5O2. The van der Waals surface area contributed by atoms with Crippen LogP contribution in [0.3, 0.4) is 0 Å². The lowest BCUT2D eigenvalue weighted by atomic mass is 10.3. The number of carbonyl (C=O) groups excluding carboxylic acids is 2. The van der Waals surface area contributed by atoms with Crippen molar-refractivity contribution in [1.82, 2.24) is 20.1 Å². The number of pyridine rings is 1. The van der Waals surface area contributed by atoms with E-state index in [0.717, 1.165) is 11.3 Å². The monoisotopic (exact) mass is 287 g/mol. The van der Waals surface area contributed by atoms with E-state index in [0.29, 0.717) is 11.5 Å². The molecule has 2 aromatic rings. The molecule has 0 aliphatic rings. The van der Waals surface area contributed by atoms with Gasteiger partial charge in [0.15, 0.2) is 0 Å². The van der Waals surface area contributed by atoms with Crippen molar-refractivity contribution in [2.75, 3.05) is 11.9 Å². The van der Waals surface area contributed by atoms with Crippen LogP contribution in [0.2, 0.25) is 0 Å². The molecule has 21 heavy (non-hydrogen) atoms. The molecule has 0 fully saturated rings. The molecule has 7 heteroatoms. The lowest BCUT2D eigenvalue weighted by molar-refractivity contribution is -0.115. The molecule has 0 unspecified atom stereocenters. The zero-order chi connectivity index (χ0) is 15.4. The van der Waals surface area contributed by atoms with E-state index in [1.54, 1.807) is 32.3 Å². The van der Waals surface area contributed by atoms with Crippen LogP contribution in [-0.4, -0.2) is 33.1 Å². The van der Waals surface area contributed by atoms with E-state index in [2.05, 4.69) is 20.7 Å². The Kier molecular flexibility index (Phi) is 4.32. The second-order valence-electron chi connectivity index (χ2n) is 4.74. The van der Waals surface area contributed by atoms with Gasteiger partial charge in [-0.15, -0.1) is 0 Å². The quantitative estimate of drug-likeness (QED) is 0.870. The predicted molar refractivity (Wildman–Crippen MR) is 77.9 cm³/mol. The average molecular weight is 287 g/mol. The van der Waals surface area contributed by atoms with Crippen molar-refractivity contribution in [3.05, 3.63) is 41.3 Å². The fourth-order valence-electron chi connectivity index (χ4n) is 1.87. The van der Waals surface area contributed by atoms with Gasteiger partial charge in [-0.1, -0.05) is 0 Å². The standard InChI is InChI=1S/C14H17N5O2/c1-9-4-5-15-12(6-9)17-13(20)8-16-14(21)11-7-10(2)18-19(11)3/h4-7H,8H2,1-3H3,(H,16,21)(H,15,17,20). The molecule has 110 valence electrons. The fourth-order valence-corrected chi connectivity index (χ4v) is 1.87. The SMILES string of the molecule is Cc1ccnc(NC(=O)CNC(=O)c2cc(C)nn2C)c1. The Morgan fingerprint density at radius 3 is 2.67 bits per heavy atom. The summed E-state index contributed by atoms with van der Waals surface area (Å²) in [6.07, 6.45) is 1.61. The molecule has 2 amide bonds. The topological polar surface area (TPSA) is 88.9 Å². The van der Waals surface area contributed by atoms with E-state index in [1.807, 2.05) is 13.0 Å². The van der Waals surface area contributed by atoms with Crippen LogP contribution in [0, 0.1) is 13.8 Å². The van der Waals surface area contributed by atoms with Gasteiger partial charge in [-0.25, -0.2) is 4.98 Å². The van der Waals surface area contributed by atoms with Gasteiger partial charge in [0.05, 0.1) is 12.2 Å². The molecule has 2 heterocycles. The molecule has 0 aliphatic carbocycles. The second-order valence-corrected chi connectivity index (χ2v) is 4.74. The second kappa shape index (κ2) is 6.17. The third kappa shape index (κ3) is 3.88. The first kappa shape index (κ1) is 14.7. The van der Waals surface area contributed by atoms with E-state index in [4.69, 9.17) is 0 Å². The van der Waals surface area contributed by atoms with Crippen molar-refractivity contribution < 1.29 is 9.59 Å². The maximum absolute atomic E-state index is 11.9. The van der Waals surface area contributed by atoms with Gasteiger partial charge in [-0.05, 0) is 37.6 Å². The van der Waals surface area contributed by atoms with Gasteiger partial charge in [0.1, 0.15) is 11.5 Å². The van der Waals surface area contributed by atoms with Gasteiger partial charge >= 0.3 is 0 Å². The number of rotatable bonds is 4. The zero-order valence-corrected chi connectivity index (χ0v) is 12.2. The highest BCUT2D eigenvalue weighted by atomic mass is 16.2. The van der Waals surface area contributed by atoms with Gasteiger partial charge in [0.25, 0.3) is 5.91 Å². The minimum atomic E-state index is -0.342. The highest BCUT2D eigenvalue weighted by Crippen LogP contribution is 2.05. The summed E-state index contributed by atoms with van der Waals surface area (Å²) < 4.78 is 1.48. The molecule has 0 atom stereocenters. The molecule has 0 spiro atoms. The number of amides is 2. The van der Waals surface area contributed by atoms with E-state index in [9.17, 15) is 9.59 Å². The number of nitrogens with one attached hydrogen (secondary N) is 2. The number of nitrogens with zero attached hydrogens (tertiary/aromatic N) is 3. The Hall–Kier alpha value is -2.70. The molecule has 2 aromatic heterocycles. The highest BCUT2D eigenvalue weighted by Gasteiger charge is 2.13. The maximum Gasteiger partial charge on any atom is 0.269 e. The van der Waals surface area contributed by atoms with Crippen molar-refractivity contribution in [1.29, 1.82) is 0 Å². The number of aryl methyl sites for hydroxylation is 3. The maximum atomic E-state index is 11.9. The minimum Gasteiger partial charge on any atom is -0.342 e.